The van der Waals surface area contributed by atoms with Gasteiger partial charge in [0.25, 0.3) is 11.8 Å². The third kappa shape index (κ3) is 7.52. The molecule has 0 aliphatic carbocycles. The highest BCUT2D eigenvalue weighted by Gasteiger charge is 2.52. The number of nitrogens with one attached hydrogen (secondary N) is 1. The molecule has 9 nitrogen and oxygen atoms in total. The zero-order chi connectivity index (χ0) is 30.3. The van der Waals surface area contributed by atoms with E-state index in [2.05, 4.69) is 25.2 Å². The molecule has 0 saturated carbocycles. The lowest BCUT2D eigenvalue weighted by Gasteiger charge is -2.28. The summed E-state index contributed by atoms with van der Waals surface area (Å²) in [4.78, 5) is 41.9. The minimum atomic E-state index is -1.93. The topological polar surface area (TPSA) is 130 Å². The summed E-state index contributed by atoms with van der Waals surface area (Å²) in [5.74, 6) is -1.87. The van der Waals surface area contributed by atoms with Crippen LogP contribution in [-0.2, 0) is 20.0 Å². The van der Waals surface area contributed by atoms with E-state index in [4.69, 9.17) is 0 Å². The first-order valence-corrected chi connectivity index (χ1v) is 14.4. The van der Waals surface area contributed by atoms with Gasteiger partial charge in [-0.2, -0.15) is 0 Å². The fourth-order valence-electron chi connectivity index (χ4n) is 5.37. The largest absolute Gasteiger partial charge is 0.394 e. The maximum absolute atomic E-state index is 13.8. The number of anilines is 2. The van der Waals surface area contributed by atoms with Crippen molar-refractivity contribution in [1.29, 1.82) is 0 Å². The smallest absolute Gasteiger partial charge is 0.264 e. The molecule has 0 radical (unpaired) electrons. The molecule has 1 fully saturated rings. The monoisotopic (exact) mass is 567 g/mol. The molecule has 0 spiro atoms. The third-order valence-electron chi connectivity index (χ3n) is 7.91. The maximum Gasteiger partial charge on any atom is 0.264 e. The predicted molar refractivity (Wildman–Crippen MR) is 160 cm³/mol. The first-order valence-electron chi connectivity index (χ1n) is 14.4. The van der Waals surface area contributed by atoms with Crippen molar-refractivity contribution in [2.45, 2.75) is 84.5 Å². The Kier molecular flexibility index (Phi) is 11.1. The third-order valence-corrected chi connectivity index (χ3v) is 7.91. The van der Waals surface area contributed by atoms with Crippen molar-refractivity contribution in [3.63, 3.8) is 0 Å². The van der Waals surface area contributed by atoms with Crippen LogP contribution in [0, 0.1) is 5.92 Å². The number of amides is 3. The number of likely N-dealkylation sites (tertiary alicyclic amines) is 1. The highest BCUT2D eigenvalue weighted by Crippen LogP contribution is 2.46. The number of rotatable bonds is 12. The Balaban J connectivity index is 1.87. The quantitative estimate of drug-likeness (QED) is 0.284. The molecule has 41 heavy (non-hydrogen) atoms. The number of hydrogen-bond donors (Lipinski definition) is 4. The predicted octanol–water partition coefficient (Wildman–Crippen LogP) is 3.80. The number of carbonyl (C=O) groups excluding carboxylic acids is 3. The van der Waals surface area contributed by atoms with Gasteiger partial charge in [-0.05, 0) is 71.6 Å². The second-order valence-corrected chi connectivity index (χ2v) is 11.4. The summed E-state index contributed by atoms with van der Waals surface area (Å²) in [6, 6.07) is 4.74. The van der Waals surface area contributed by atoms with Gasteiger partial charge in [0.15, 0.2) is 5.60 Å². The molecule has 0 aromatic heterocycles. The lowest BCUT2D eigenvalue weighted by Crippen LogP contribution is -2.44. The normalized spacial score (nSPS) is 22.2. The molecule has 1 saturated heterocycles. The van der Waals surface area contributed by atoms with Crippen molar-refractivity contribution in [3.8, 4) is 0 Å². The molecule has 4 N–H and O–H groups in total. The summed E-state index contributed by atoms with van der Waals surface area (Å²) >= 11 is 0. The van der Waals surface area contributed by atoms with E-state index in [-0.39, 0.29) is 31.5 Å². The van der Waals surface area contributed by atoms with Crippen molar-refractivity contribution < 1.29 is 29.7 Å². The van der Waals surface area contributed by atoms with Crippen LogP contribution >= 0.6 is 0 Å². The summed E-state index contributed by atoms with van der Waals surface area (Å²) in [6.07, 6.45) is 9.77. The summed E-state index contributed by atoms with van der Waals surface area (Å²) in [6.45, 7) is 10.0. The van der Waals surface area contributed by atoms with Gasteiger partial charge >= 0.3 is 0 Å². The van der Waals surface area contributed by atoms with Crippen LogP contribution in [0.5, 0.6) is 0 Å². The number of aliphatic hydroxyl groups excluding tert-OH is 2. The van der Waals surface area contributed by atoms with E-state index in [1.807, 2.05) is 13.0 Å². The highest BCUT2D eigenvalue weighted by molar-refractivity contribution is 6.08. The lowest BCUT2D eigenvalue weighted by atomic mass is 9.82. The molecular weight excluding hydrogens is 522 g/mol. The standard InChI is InChI=1S/C32H45N3O6/c1-21(2)9-6-10-22(3)16-18-35-28-15-14-25(33-30(39)24(5)37)19-27(28)32(41,31(35)40)23(4)11-7-13-29(38)34-17-8-12-26(34)20-36/h7,9,11,14-16,19,23-24,26,36-37,41H,6,8,10,12-13,17-18,20H2,1-5H3,(H,33,39)/b11-7+,22-16+/t23-,24+,26+,32+/m1/s1. The highest BCUT2D eigenvalue weighted by atomic mass is 16.3. The van der Waals surface area contributed by atoms with Crippen LogP contribution in [0.1, 0.15) is 72.3 Å². The number of carbonyl (C=O) groups is 3. The van der Waals surface area contributed by atoms with Crippen molar-refractivity contribution in [2.24, 2.45) is 5.92 Å². The Morgan fingerprint density at radius 3 is 2.59 bits per heavy atom. The first kappa shape index (κ1) is 32.2. The lowest BCUT2D eigenvalue weighted by molar-refractivity contribution is -0.139. The molecule has 0 unspecified atom stereocenters. The zero-order valence-electron chi connectivity index (χ0n) is 24.9. The van der Waals surface area contributed by atoms with Crippen LogP contribution in [0.3, 0.4) is 0 Å². The van der Waals surface area contributed by atoms with Gasteiger partial charge in [0.1, 0.15) is 6.10 Å². The Labute approximate surface area is 243 Å². The van der Waals surface area contributed by atoms with Gasteiger partial charge < -0.3 is 30.4 Å². The number of aliphatic hydroxyl groups is 3. The van der Waals surface area contributed by atoms with Crippen molar-refractivity contribution in [1.82, 2.24) is 4.90 Å². The number of fused-ring (bicyclic) bond motifs is 1. The fraction of sp³-hybridized carbons (Fsp3) is 0.531. The fourth-order valence-corrected chi connectivity index (χ4v) is 5.37. The Morgan fingerprint density at radius 2 is 1.93 bits per heavy atom. The van der Waals surface area contributed by atoms with E-state index in [1.165, 1.54) is 12.5 Å². The number of allylic oxidation sites excluding steroid dienone is 3. The molecule has 1 aromatic rings. The summed E-state index contributed by atoms with van der Waals surface area (Å²) in [7, 11) is 0. The summed E-state index contributed by atoms with van der Waals surface area (Å²) in [5.41, 5.74) is 1.70. The van der Waals surface area contributed by atoms with Gasteiger partial charge in [-0.1, -0.05) is 42.4 Å². The van der Waals surface area contributed by atoms with Crippen LogP contribution in [0.4, 0.5) is 11.4 Å². The van der Waals surface area contributed by atoms with Crippen molar-refractivity contribution in [2.75, 3.05) is 29.9 Å². The molecule has 1 aromatic carbocycles. The van der Waals surface area contributed by atoms with Crippen LogP contribution in [-0.4, -0.2) is 69.8 Å². The van der Waals surface area contributed by atoms with Gasteiger partial charge in [0.2, 0.25) is 5.91 Å². The molecule has 9 heteroatoms. The van der Waals surface area contributed by atoms with Gasteiger partial charge in [-0.3, -0.25) is 14.4 Å². The van der Waals surface area contributed by atoms with Gasteiger partial charge in [0.05, 0.1) is 18.3 Å². The Bertz CT molecular complexity index is 1220. The number of benzene rings is 1. The van der Waals surface area contributed by atoms with E-state index < -0.39 is 29.4 Å². The Morgan fingerprint density at radius 1 is 1.20 bits per heavy atom. The van der Waals surface area contributed by atoms with Crippen molar-refractivity contribution >= 4 is 29.1 Å². The average Bonchev–Trinajstić information content (AvgIpc) is 3.49. The van der Waals surface area contributed by atoms with E-state index in [0.717, 1.165) is 31.3 Å². The second-order valence-electron chi connectivity index (χ2n) is 11.4. The van der Waals surface area contributed by atoms with Gasteiger partial charge in [0, 0.05) is 36.7 Å². The minimum absolute atomic E-state index is 0.0659. The maximum atomic E-state index is 13.8. The second kappa shape index (κ2) is 14.1. The molecule has 2 aliphatic heterocycles. The zero-order valence-corrected chi connectivity index (χ0v) is 24.9. The van der Waals surface area contributed by atoms with Gasteiger partial charge in [-0.25, -0.2) is 0 Å². The summed E-state index contributed by atoms with van der Waals surface area (Å²) in [5, 5.41) is 33.8. The minimum Gasteiger partial charge on any atom is -0.394 e. The Hall–Kier alpha value is -3.27. The molecule has 2 heterocycles. The first-order chi connectivity index (χ1) is 19.4. The van der Waals surface area contributed by atoms with Gasteiger partial charge in [-0.15, -0.1) is 0 Å². The molecule has 0 bridgehead atoms. The SMILES string of the molecule is CC(C)=CCC/C(C)=C/CN1C(=O)[C@](O)([C@H](C)/C=C/CC(=O)N2CCC[C@H]2CO)c2cc(NC(=O)[C@H](C)O)ccc21. The molecule has 3 rings (SSSR count). The van der Waals surface area contributed by atoms with Crippen LogP contribution in [0.15, 0.2) is 53.6 Å². The molecular formula is C32H45N3O6. The van der Waals surface area contributed by atoms with E-state index >= 15 is 0 Å². The van der Waals surface area contributed by atoms with Crippen LogP contribution < -0.4 is 10.2 Å². The van der Waals surface area contributed by atoms with Crippen LogP contribution in [0.25, 0.3) is 0 Å². The van der Waals surface area contributed by atoms with E-state index in [0.29, 0.717) is 23.5 Å². The molecule has 4 atom stereocenters. The number of hydrogen-bond acceptors (Lipinski definition) is 6. The van der Waals surface area contributed by atoms with E-state index in [9.17, 15) is 29.7 Å². The summed E-state index contributed by atoms with van der Waals surface area (Å²) < 4.78 is 0. The molecule has 3 amide bonds. The average molecular weight is 568 g/mol. The van der Waals surface area contributed by atoms with Crippen molar-refractivity contribution in [3.05, 3.63) is 59.2 Å². The number of nitrogens with zero attached hydrogens (tertiary/aromatic N) is 2. The molecule has 2 aliphatic rings. The van der Waals surface area contributed by atoms with E-state index in [1.54, 1.807) is 47.1 Å². The molecule has 224 valence electrons. The van der Waals surface area contributed by atoms with Crippen LogP contribution in [0.2, 0.25) is 0 Å².